The number of thioether (sulfide) groups is 1. The van der Waals surface area contributed by atoms with Gasteiger partial charge in [-0.2, -0.15) is 0 Å². The van der Waals surface area contributed by atoms with Crippen molar-refractivity contribution < 1.29 is 14.7 Å². The molecule has 1 amide bonds. The first-order valence-corrected chi connectivity index (χ1v) is 7.92. The largest absolute Gasteiger partial charge is 0.480 e. The van der Waals surface area contributed by atoms with Crippen LogP contribution >= 0.6 is 11.8 Å². The van der Waals surface area contributed by atoms with Gasteiger partial charge in [-0.15, -0.1) is 11.8 Å². The van der Waals surface area contributed by atoms with Crippen molar-refractivity contribution in [1.29, 1.82) is 0 Å². The summed E-state index contributed by atoms with van der Waals surface area (Å²) in [5.74, 6) is -0.150. The zero-order valence-electron chi connectivity index (χ0n) is 11.1. The second-order valence-corrected chi connectivity index (χ2v) is 6.39. The average Bonchev–Trinajstić information content (AvgIpc) is 2.95. The van der Waals surface area contributed by atoms with Gasteiger partial charge in [0.15, 0.2) is 0 Å². The third-order valence-electron chi connectivity index (χ3n) is 4.08. The van der Waals surface area contributed by atoms with Crippen molar-refractivity contribution in [2.24, 2.45) is 0 Å². The first-order chi connectivity index (χ1) is 9.68. The fourth-order valence-corrected chi connectivity index (χ4v) is 4.21. The van der Waals surface area contributed by atoms with Crippen molar-refractivity contribution in [2.75, 3.05) is 12.3 Å². The Bertz CT molecular complexity index is 546. The Kier molecular flexibility index (Phi) is 3.70. The normalized spacial score (nSPS) is 25.3. The molecule has 1 aromatic carbocycles. The van der Waals surface area contributed by atoms with Crippen molar-refractivity contribution in [3.8, 4) is 0 Å². The molecule has 0 bridgehead atoms. The molecule has 5 heteroatoms. The second-order valence-electron chi connectivity index (χ2n) is 5.26. The van der Waals surface area contributed by atoms with Gasteiger partial charge < -0.3 is 10.0 Å². The fourth-order valence-electron chi connectivity index (χ4n) is 3.09. The van der Waals surface area contributed by atoms with E-state index in [-0.39, 0.29) is 11.8 Å². The lowest BCUT2D eigenvalue weighted by Gasteiger charge is -2.30. The molecule has 4 nitrogen and oxygen atoms in total. The van der Waals surface area contributed by atoms with Gasteiger partial charge in [-0.3, -0.25) is 4.79 Å². The standard InChI is InChI=1S/C15H17NO3S/c17-14(16-8-3-5-12(16)15(18)19)11-7-9-20-13-6-2-1-4-10(11)13/h1-2,4,6,11-12H,3,5,7-9H2,(H,18,19)/t11?,12-/m0/s1. The van der Waals surface area contributed by atoms with Gasteiger partial charge in [0.1, 0.15) is 6.04 Å². The minimum absolute atomic E-state index is 0.0114. The van der Waals surface area contributed by atoms with Gasteiger partial charge >= 0.3 is 5.97 Å². The molecule has 0 spiro atoms. The van der Waals surface area contributed by atoms with Gasteiger partial charge in [0.05, 0.1) is 5.92 Å². The monoisotopic (exact) mass is 291 g/mol. The van der Waals surface area contributed by atoms with E-state index >= 15 is 0 Å². The molecule has 1 fully saturated rings. The molecule has 1 saturated heterocycles. The van der Waals surface area contributed by atoms with E-state index in [4.69, 9.17) is 0 Å². The predicted molar refractivity (Wildman–Crippen MR) is 76.9 cm³/mol. The number of hydrogen-bond donors (Lipinski definition) is 1. The van der Waals surface area contributed by atoms with Gasteiger partial charge in [-0.1, -0.05) is 18.2 Å². The molecule has 20 heavy (non-hydrogen) atoms. The van der Waals surface area contributed by atoms with E-state index in [1.165, 1.54) is 0 Å². The van der Waals surface area contributed by atoms with Crippen LogP contribution in [0.4, 0.5) is 0 Å². The summed E-state index contributed by atoms with van der Waals surface area (Å²) in [7, 11) is 0. The van der Waals surface area contributed by atoms with Crippen LogP contribution in [0.25, 0.3) is 0 Å². The lowest BCUT2D eigenvalue weighted by atomic mass is 9.94. The van der Waals surface area contributed by atoms with E-state index in [9.17, 15) is 14.7 Å². The first kappa shape index (κ1) is 13.5. The minimum Gasteiger partial charge on any atom is -0.480 e. The van der Waals surface area contributed by atoms with Crippen molar-refractivity contribution in [3.05, 3.63) is 29.8 Å². The smallest absolute Gasteiger partial charge is 0.326 e. The SMILES string of the molecule is O=C(O)[C@@H]1CCCN1C(=O)C1CCSc2ccccc21. The number of fused-ring (bicyclic) bond motifs is 1. The average molecular weight is 291 g/mol. The molecule has 2 atom stereocenters. The quantitative estimate of drug-likeness (QED) is 0.908. The number of rotatable bonds is 2. The molecule has 1 unspecified atom stereocenters. The maximum absolute atomic E-state index is 12.7. The number of likely N-dealkylation sites (tertiary alicyclic amines) is 1. The predicted octanol–water partition coefficient (Wildman–Crippen LogP) is 2.34. The molecular formula is C15H17NO3S. The molecule has 2 aliphatic rings. The number of benzene rings is 1. The molecule has 0 aromatic heterocycles. The van der Waals surface area contributed by atoms with E-state index < -0.39 is 12.0 Å². The van der Waals surface area contributed by atoms with Crippen LogP contribution in [-0.2, 0) is 9.59 Å². The lowest BCUT2D eigenvalue weighted by molar-refractivity contribution is -0.148. The topological polar surface area (TPSA) is 57.6 Å². The molecule has 1 aromatic rings. The van der Waals surface area contributed by atoms with Crippen LogP contribution in [0.5, 0.6) is 0 Å². The van der Waals surface area contributed by atoms with Crippen molar-refractivity contribution in [1.82, 2.24) is 4.90 Å². The van der Waals surface area contributed by atoms with E-state index in [0.29, 0.717) is 13.0 Å². The molecular weight excluding hydrogens is 274 g/mol. The molecule has 3 rings (SSSR count). The number of nitrogens with zero attached hydrogens (tertiary/aromatic N) is 1. The molecule has 0 radical (unpaired) electrons. The van der Waals surface area contributed by atoms with Crippen LogP contribution in [-0.4, -0.2) is 40.2 Å². The summed E-state index contributed by atoms with van der Waals surface area (Å²) in [5, 5.41) is 9.23. The van der Waals surface area contributed by atoms with Gasteiger partial charge in [0.2, 0.25) is 5.91 Å². The number of carboxylic acid groups (broad SMARTS) is 1. The maximum atomic E-state index is 12.7. The maximum Gasteiger partial charge on any atom is 0.326 e. The minimum atomic E-state index is -0.880. The Morgan fingerprint density at radius 1 is 1.25 bits per heavy atom. The first-order valence-electron chi connectivity index (χ1n) is 6.93. The van der Waals surface area contributed by atoms with E-state index in [2.05, 4.69) is 0 Å². The Balaban J connectivity index is 1.87. The summed E-state index contributed by atoms with van der Waals surface area (Å²) in [6.07, 6.45) is 2.15. The summed E-state index contributed by atoms with van der Waals surface area (Å²) in [5.41, 5.74) is 1.06. The summed E-state index contributed by atoms with van der Waals surface area (Å²) in [6, 6.07) is 7.33. The summed E-state index contributed by atoms with van der Waals surface area (Å²) >= 11 is 1.77. The summed E-state index contributed by atoms with van der Waals surface area (Å²) in [4.78, 5) is 26.7. The highest BCUT2D eigenvalue weighted by molar-refractivity contribution is 7.99. The van der Waals surface area contributed by atoms with Gasteiger partial charge in [0, 0.05) is 11.4 Å². The van der Waals surface area contributed by atoms with Crippen LogP contribution in [0, 0.1) is 0 Å². The van der Waals surface area contributed by atoms with Crippen LogP contribution in [0.2, 0.25) is 0 Å². The zero-order valence-corrected chi connectivity index (χ0v) is 11.9. The second kappa shape index (κ2) is 5.48. The fraction of sp³-hybridized carbons (Fsp3) is 0.467. The van der Waals surface area contributed by atoms with Gasteiger partial charge in [0.25, 0.3) is 0 Å². The number of aliphatic carboxylic acids is 1. The Morgan fingerprint density at radius 3 is 2.85 bits per heavy atom. The van der Waals surface area contributed by atoms with Crippen molar-refractivity contribution >= 4 is 23.6 Å². The number of carbonyl (C=O) groups excluding carboxylic acids is 1. The molecule has 0 aliphatic carbocycles. The van der Waals surface area contributed by atoms with E-state index in [1.54, 1.807) is 16.7 Å². The zero-order chi connectivity index (χ0) is 14.1. The lowest BCUT2D eigenvalue weighted by Crippen LogP contribution is -2.43. The molecule has 106 valence electrons. The highest BCUT2D eigenvalue weighted by Gasteiger charge is 2.38. The van der Waals surface area contributed by atoms with Crippen molar-refractivity contribution in [3.63, 3.8) is 0 Å². The van der Waals surface area contributed by atoms with Crippen molar-refractivity contribution in [2.45, 2.75) is 36.1 Å². The third kappa shape index (κ3) is 2.30. The molecule has 2 aliphatic heterocycles. The van der Waals surface area contributed by atoms with Crippen LogP contribution < -0.4 is 0 Å². The number of amides is 1. The highest BCUT2D eigenvalue weighted by atomic mass is 32.2. The summed E-state index contributed by atoms with van der Waals surface area (Å²) < 4.78 is 0. The molecule has 2 heterocycles. The Hall–Kier alpha value is -1.49. The third-order valence-corrected chi connectivity index (χ3v) is 5.20. The van der Waals surface area contributed by atoms with Gasteiger partial charge in [-0.05, 0) is 36.6 Å². The van der Waals surface area contributed by atoms with E-state index in [1.807, 2.05) is 24.3 Å². The number of hydrogen-bond acceptors (Lipinski definition) is 3. The Labute approximate surface area is 122 Å². The number of carbonyl (C=O) groups is 2. The molecule has 1 N–H and O–H groups in total. The Morgan fingerprint density at radius 2 is 2.05 bits per heavy atom. The summed E-state index contributed by atoms with van der Waals surface area (Å²) in [6.45, 7) is 0.571. The van der Waals surface area contributed by atoms with Crippen LogP contribution in [0.1, 0.15) is 30.7 Å². The number of carboxylic acids is 1. The molecule has 0 saturated carbocycles. The van der Waals surface area contributed by atoms with Crippen LogP contribution in [0.15, 0.2) is 29.2 Å². The highest BCUT2D eigenvalue weighted by Crippen LogP contribution is 2.39. The van der Waals surface area contributed by atoms with E-state index in [0.717, 1.165) is 29.1 Å². The van der Waals surface area contributed by atoms with Gasteiger partial charge in [-0.25, -0.2) is 4.79 Å². The van der Waals surface area contributed by atoms with Crippen LogP contribution in [0.3, 0.4) is 0 Å².